The molecule has 4 aliphatic carbocycles. The van der Waals surface area contributed by atoms with E-state index >= 15 is 0 Å². The Morgan fingerprint density at radius 2 is 1.82 bits per heavy atom. The van der Waals surface area contributed by atoms with E-state index in [4.69, 9.17) is 14.1 Å². The molecule has 4 aliphatic rings. The molecule has 1 aromatic heterocycles. The van der Waals surface area contributed by atoms with Crippen LogP contribution in [-0.2, 0) is 11.2 Å². The molecule has 40 heavy (non-hydrogen) atoms. The van der Waals surface area contributed by atoms with Crippen LogP contribution in [0.5, 0.6) is 0 Å². The van der Waals surface area contributed by atoms with Gasteiger partial charge in [-0.05, 0) is 116 Å². The molecule has 1 aromatic carbocycles. The maximum absolute atomic E-state index is 12.5. The number of aliphatic hydroxyl groups is 2. The molecule has 6 rings (SSSR count). The van der Waals surface area contributed by atoms with Crippen molar-refractivity contribution >= 4 is 17.1 Å². The topological polar surface area (TPSA) is 92.8 Å². The number of carbonyl (C=O) groups is 1. The van der Waals surface area contributed by atoms with Crippen molar-refractivity contribution in [2.45, 2.75) is 105 Å². The molecule has 2 aromatic rings. The molecular formula is C34H49NO5. The molecule has 0 spiro atoms. The Morgan fingerprint density at radius 3 is 2.58 bits per heavy atom. The minimum Gasteiger partial charge on any atom is -0.462 e. The summed E-state index contributed by atoms with van der Waals surface area (Å²) in [6, 6.07) is 5.46. The van der Waals surface area contributed by atoms with E-state index in [1.165, 1.54) is 25.7 Å². The molecule has 0 aliphatic heterocycles. The summed E-state index contributed by atoms with van der Waals surface area (Å²) in [6.45, 7) is 11.7. The Hall–Kier alpha value is -1.92. The lowest BCUT2D eigenvalue weighted by Gasteiger charge is -2.64. The second-order valence-corrected chi connectivity index (χ2v) is 14.3. The van der Waals surface area contributed by atoms with Crippen LogP contribution in [0.25, 0.3) is 11.1 Å². The minimum absolute atomic E-state index is 0.194. The number of oxazole rings is 1. The van der Waals surface area contributed by atoms with Gasteiger partial charge in [0, 0.05) is 6.42 Å². The van der Waals surface area contributed by atoms with Gasteiger partial charge in [0.1, 0.15) is 5.52 Å². The third-order valence-electron chi connectivity index (χ3n) is 12.6. The molecule has 4 fully saturated rings. The predicted octanol–water partition coefficient (Wildman–Crippen LogP) is 6.81. The lowest BCUT2D eigenvalue weighted by Crippen LogP contribution is -2.62. The quantitative estimate of drug-likeness (QED) is 0.383. The Balaban J connectivity index is 1.24. The molecule has 0 radical (unpaired) electrons. The normalized spacial score (nSPS) is 41.7. The van der Waals surface area contributed by atoms with Crippen LogP contribution in [0, 0.1) is 52.3 Å². The number of hydrogen-bond donors (Lipinski definition) is 2. The number of para-hydroxylation sites is 1. The zero-order chi connectivity index (χ0) is 28.4. The highest BCUT2D eigenvalue weighted by molar-refractivity contribution is 6.01. The summed E-state index contributed by atoms with van der Waals surface area (Å²) in [7, 11) is 0. The number of rotatable bonds is 6. The van der Waals surface area contributed by atoms with E-state index in [2.05, 4.69) is 27.7 Å². The Kier molecular flexibility index (Phi) is 7.35. The lowest BCUT2D eigenvalue weighted by molar-refractivity contribution is -0.203. The summed E-state index contributed by atoms with van der Waals surface area (Å²) in [5, 5.41) is 22.5. The molecule has 6 nitrogen and oxygen atoms in total. The van der Waals surface area contributed by atoms with Crippen LogP contribution in [0.15, 0.2) is 22.6 Å². The van der Waals surface area contributed by atoms with Crippen molar-refractivity contribution < 1.29 is 24.2 Å². The van der Waals surface area contributed by atoms with Gasteiger partial charge in [0.25, 0.3) is 0 Å². The highest BCUT2D eigenvalue weighted by Crippen LogP contribution is 2.69. The lowest BCUT2D eigenvalue weighted by atomic mass is 9.41. The van der Waals surface area contributed by atoms with Gasteiger partial charge in [-0.1, -0.05) is 40.2 Å². The number of benzene rings is 1. The molecule has 1 heterocycles. The van der Waals surface area contributed by atoms with Crippen LogP contribution in [-0.4, -0.2) is 40.0 Å². The van der Waals surface area contributed by atoms with Gasteiger partial charge < -0.3 is 19.4 Å². The van der Waals surface area contributed by atoms with Crippen molar-refractivity contribution in [2.24, 2.45) is 52.3 Å². The van der Waals surface area contributed by atoms with Gasteiger partial charge in [0.05, 0.1) is 24.4 Å². The average molecular weight is 552 g/mol. The van der Waals surface area contributed by atoms with E-state index < -0.39 is 0 Å². The van der Waals surface area contributed by atoms with E-state index in [0.29, 0.717) is 64.7 Å². The summed E-state index contributed by atoms with van der Waals surface area (Å²) in [5.41, 5.74) is 2.12. The second-order valence-electron chi connectivity index (χ2n) is 14.3. The molecule has 0 saturated heterocycles. The first-order valence-electron chi connectivity index (χ1n) is 16.0. The van der Waals surface area contributed by atoms with Crippen molar-refractivity contribution in [1.82, 2.24) is 4.98 Å². The molecule has 4 saturated carbocycles. The van der Waals surface area contributed by atoms with Crippen molar-refractivity contribution in [2.75, 3.05) is 6.61 Å². The number of nitrogens with zero attached hydrogens (tertiary/aromatic N) is 1. The molecular weight excluding hydrogens is 502 g/mol. The van der Waals surface area contributed by atoms with E-state index in [1.54, 1.807) is 6.07 Å². The molecule has 11 atom stereocenters. The van der Waals surface area contributed by atoms with E-state index in [9.17, 15) is 15.0 Å². The van der Waals surface area contributed by atoms with Crippen LogP contribution in [0.3, 0.4) is 0 Å². The maximum Gasteiger partial charge on any atom is 0.340 e. The fourth-order valence-electron chi connectivity index (χ4n) is 10.8. The molecule has 6 heteroatoms. The number of hydrogen-bond acceptors (Lipinski definition) is 6. The van der Waals surface area contributed by atoms with Crippen LogP contribution in [0.2, 0.25) is 0 Å². The third-order valence-corrected chi connectivity index (χ3v) is 12.6. The Labute approximate surface area is 239 Å². The van der Waals surface area contributed by atoms with Gasteiger partial charge in [-0.3, -0.25) is 0 Å². The van der Waals surface area contributed by atoms with Crippen LogP contribution < -0.4 is 0 Å². The molecule has 0 bridgehead atoms. The van der Waals surface area contributed by atoms with E-state index in [-0.39, 0.29) is 34.9 Å². The predicted molar refractivity (Wildman–Crippen MR) is 155 cm³/mol. The van der Waals surface area contributed by atoms with Gasteiger partial charge in [-0.2, -0.15) is 0 Å². The molecule has 220 valence electrons. The summed E-state index contributed by atoms with van der Waals surface area (Å²) >= 11 is 0. The number of carbonyl (C=O) groups excluding carboxylic acids is 1. The van der Waals surface area contributed by atoms with E-state index in [0.717, 1.165) is 32.1 Å². The average Bonchev–Trinajstić information content (AvgIpc) is 3.50. The number of esters is 1. The second kappa shape index (κ2) is 10.4. The SMILES string of the molecule is CCOC(=O)c1cccc2oc(C[C@@H](C)[C@H]3CCC4C5C(O)[C@H](CC)[C@@H]6C[C@H](O)CC[C@]6(C)C5CC[C@@]43C)nc12. The van der Waals surface area contributed by atoms with Crippen molar-refractivity contribution in [1.29, 1.82) is 0 Å². The molecule has 4 unspecified atom stereocenters. The Morgan fingerprint density at radius 1 is 1.07 bits per heavy atom. The fourth-order valence-corrected chi connectivity index (χ4v) is 10.8. The largest absolute Gasteiger partial charge is 0.462 e. The number of aromatic nitrogens is 1. The number of ether oxygens (including phenoxy) is 1. The van der Waals surface area contributed by atoms with Gasteiger partial charge in [-0.25, -0.2) is 9.78 Å². The maximum atomic E-state index is 12.5. The van der Waals surface area contributed by atoms with Crippen LogP contribution in [0.4, 0.5) is 0 Å². The van der Waals surface area contributed by atoms with Crippen molar-refractivity contribution in [3.05, 3.63) is 29.7 Å². The standard InChI is InChI=1S/C34H49NO5/c1-6-21-26-18-20(36)13-15-34(26,5)25-14-16-33(4)23(11-12-24(33)29(25)31(21)37)19(3)17-28-35-30-22(32(38)39-7-2)9-8-10-27(30)40-28/h8-10,19-21,23-26,29,31,36-37H,6-7,11-18H2,1-5H3/t19-,20-,21-,23-,24?,25?,26+,29?,31?,33-,34-/m1/s1. The number of aliphatic hydroxyl groups excluding tert-OH is 2. The first-order chi connectivity index (χ1) is 19.1. The summed E-state index contributed by atoms with van der Waals surface area (Å²) in [5.74, 6) is 3.42. The zero-order valence-corrected chi connectivity index (χ0v) is 25.1. The fraction of sp³-hybridized carbons (Fsp3) is 0.765. The van der Waals surface area contributed by atoms with Gasteiger partial charge in [-0.15, -0.1) is 0 Å². The number of fused-ring (bicyclic) bond motifs is 6. The third kappa shape index (κ3) is 4.26. The van der Waals surface area contributed by atoms with Crippen LogP contribution >= 0.6 is 0 Å². The zero-order valence-electron chi connectivity index (χ0n) is 25.1. The minimum atomic E-state index is -0.358. The molecule has 0 amide bonds. The van der Waals surface area contributed by atoms with Gasteiger partial charge >= 0.3 is 5.97 Å². The monoisotopic (exact) mass is 551 g/mol. The van der Waals surface area contributed by atoms with Gasteiger partial charge in [0.2, 0.25) is 0 Å². The first-order valence-corrected chi connectivity index (χ1v) is 16.0. The summed E-state index contributed by atoms with van der Waals surface area (Å²) < 4.78 is 11.4. The smallest absolute Gasteiger partial charge is 0.340 e. The van der Waals surface area contributed by atoms with Crippen molar-refractivity contribution in [3.63, 3.8) is 0 Å². The van der Waals surface area contributed by atoms with Crippen molar-refractivity contribution in [3.8, 4) is 0 Å². The highest BCUT2D eigenvalue weighted by Gasteiger charge is 2.64. The summed E-state index contributed by atoms with van der Waals surface area (Å²) in [6.07, 6.45) is 8.89. The van der Waals surface area contributed by atoms with Crippen LogP contribution in [0.1, 0.15) is 102 Å². The first kappa shape index (κ1) is 28.2. The summed E-state index contributed by atoms with van der Waals surface area (Å²) in [4.78, 5) is 17.3. The molecule has 2 N–H and O–H groups in total. The highest BCUT2D eigenvalue weighted by atomic mass is 16.5. The van der Waals surface area contributed by atoms with Gasteiger partial charge in [0.15, 0.2) is 11.5 Å². The van der Waals surface area contributed by atoms with E-state index in [1.807, 2.05) is 19.1 Å². The Bertz CT molecular complexity index is 1240.